The fourth-order valence-corrected chi connectivity index (χ4v) is 7.99. The van der Waals surface area contributed by atoms with Gasteiger partial charge in [-0.05, 0) is 68.1 Å². The lowest BCUT2D eigenvalue weighted by atomic mass is 9.87. The topological polar surface area (TPSA) is 60.6 Å². The summed E-state index contributed by atoms with van der Waals surface area (Å²) >= 11 is 1.95. The Labute approximate surface area is 217 Å². The van der Waals surface area contributed by atoms with Crippen LogP contribution >= 0.6 is 11.9 Å². The first-order valence-corrected chi connectivity index (χ1v) is 14.9. The summed E-state index contributed by atoms with van der Waals surface area (Å²) in [5.41, 5.74) is 4.15. The number of nitrogens with one attached hydrogen (secondary N) is 4. The normalized spacial score (nSPS) is 38.7. The third kappa shape index (κ3) is 6.61. The molecule has 1 aromatic carbocycles. The van der Waals surface area contributed by atoms with Crippen LogP contribution in [-0.2, 0) is 4.74 Å². The largest absolute Gasteiger partial charge is 0.357 e. The molecule has 4 fully saturated rings. The maximum atomic E-state index is 6.88. The zero-order valence-corrected chi connectivity index (χ0v) is 23.0. The van der Waals surface area contributed by atoms with Crippen LogP contribution in [0.3, 0.4) is 0 Å². The van der Waals surface area contributed by atoms with Gasteiger partial charge in [0.15, 0.2) is 0 Å². The molecule has 6 nitrogen and oxygen atoms in total. The summed E-state index contributed by atoms with van der Waals surface area (Å²) in [7, 11) is 0. The smallest absolute Gasteiger partial charge is 0.123 e. The highest BCUT2D eigenvalue weighted by Crippen LogP contribution is 2.34. The molecule has 0 radical (unpaired) electrons. The Morgan fingerprint density at radius 2 is 1.89 bits per heavy atom. The number of ether oxygens (including phenoxy) is 1. The van der Waals surface area contributed by atoms with Crippen molar-refractivity contribution in [3.05, 3.63) is 34.9 Å². The quantitative estimate of drug-likeness (QED) is 0.466. The van der Waals surface area contributed by atoms with Crippen molar-refractivity contribution in [1.29, 1.82) is 0 Å². The fraction of sp³-hybridized carbons (Fsp3) is 0.786. The highest BCUT2D eigenvalue weighted by atomic mass is 32.2. The van der Waals surface area contributed by atoms with Gasteiger partial charge in [0.05, 0.1) is 6.10 Å². The number of hydrogen-bond donors (Lipinski definition) is 4. The molecule has 3 heterocycles. The van der Waals surface area contributed by atoms with Crippen LogP contribution in [0.4, 0.5) is 0 Å². The predicted octanol–water partition coefficient (Wildman–Crippen LogP) is 4.05. The highest BCUT2D eigenvalue weighted by molar-refractivity contribution is 7.98. The summed E-state index contributed by atoms with van der Waals surface area (Å²) in [6.45, 7) is 13.5. The summed E-state index contributed by atoms with van der Waals surface area (Å²) in [6.07, 6.45) is 7.82. The first-order valence-electron chi connectivity index (χ1n) is 14.0. The van der Waals surface area contributed by atoms with Crippen molar-refractivity contribution in [3.63, 3.8) is 0 Å². The van der Waals surface area contributed by atoms with E-state index in [4.69, 9.17) is 4.74 Å². The van der Waals surface area contributed by atoms with E-state index in [1.165, 1.54) is 55.3 Å². The molecule has 8 atom stereocenters. The van der Waals surface area contributed by atoms with E-state index >= 15 is 0 Å². The fourth-order valence-electron chi connectivity index (χ4n) is 6.88. The molecule has 6 bridgehead atoms. The van der Waals surface area contributed by atoms with E-state index in [-0.39, 0.29) is 24.7 Å². The average molecular weight is 502 g/mol. The summed E-state index contributed by atoms with van der Waals surface area (Å²) in [5.74, 6) is 1.51. The van der Waals surface area contributed by atoms with Crippen LogP contribution in [0.5, 0.6) is 0 Å². The highest BCUT2D eigenvalue weighted by Gasteiger charge is 2.36. The molecule has 1 aromatic rings. The SMILES string of the molecule is Cc1cccc(C)c1C1CC2NC(NSC3CCCC(C3)CN3C[C@@H](CNC[C@H]3CC(C)C)O2)N1. The summed E-state index contributed by atoms with van der Waals surface area (Å²) < 4.78 is 10.7. The predicted molar refractivity (Wildman–Crippen MR) is 146 cm³/mol. The summed E-state index contributed by atoms with van der Waals surface area (Å²) in [4.78, 5) is 2.80. The molecule has 1 saturated carbocycles. The minimum absolute atomic E-state index is 0.0220. The van der Waals surface area contributed by atoms with Gasteiger partial charge in [0, 0.05) is 49.9 Å². The lowest BCUT2D eigenvalue weighted by Gasteiger charge is -2.40. The molecule has 196 valence electrons. The van der Waals surface area contributed by atoms with Crippen molar-refractivity contribution < 1.29 is 4.74 Å². The van der Waals surface area contributed by atoms with Crippen LogP contribution in [0, 0.1) is 25.7 Å². The van der Waals surface area contributed by atoms with Gasteiger partial charge in [0.1, 0.15) is 12.5 Å². The third-order valence-electron chi connectivity index (χ3n) is 8.45. The number of aryl methyl sites for hydroxylation is 2. The Morgan fingerprint density at radius 3 is 2.69 bits per heavy atom. The van der Waals surface area contributed by atoms with Gasteiger partial charge in [-0.2, -0.15) is 0 Å². The third-order valence-corrected chi connectivity index (χ3v) is 9.58. The van der Waals surface area contributed by atoms with E-state index in [0.717, 1.165) is 32.0 Å². The molecule has 3 saturated heterocycles. The second kappa shape index (κ2) is 11.8. The van der Waals surface area contributed by atoms with Crippen LogP contribution in [0.25, 0.3) is 0 Å². The van der Waals surface area contributed by atoms with Gasteiger partial charge in [-0.15, -0.1) is 0 Å². The van der Waals surface area contributed by atoms with Crippen molar-refractivity contribution in [2.75, 3.05) is 26.2 Å². The Balaban J connectivity index is 1.40. The van der Waals surface area contributed by atoms with Crippen LogP contribution in [-0.4, -0.2) is 61.0 Å². The lowest BCUT2D eigenvalue weighted by Crippen LogP contribution is -2.61. The minimum atomic E-state index is 0.0220. The molecule has 7 heteroatoms. The van der Waals surface area contributed by atoms with E-state index in [1.54, 1.807) is 0 Å². The molecule has 0 aromatic heterocycles. The van der Waals surface area contributed by atoms with Crippen LogP contribution < -0.4 is 20.7 Å². The molecule has 1 aliphatic carbocycles. The maximum Gasteiger partial charge on any atom is 0.123 e. The van der Waals surface area contributed by atoms with E-state index in [2.05, 4.69) is 71.5 Å². The zero-order valence-electron chi connectivity index (χ0n) is 22.2. The van der Waals surface area contributed by atoms with Gasteiger partial charge in [-0.3, -0.25) is 15.5 Å². The second-order valence-corrected chi connectivity index (χ2v) is 13.0. The summed E-state index contributed by atoms with van der Waals surface area (Å²) in [5, 5.41) is 12.1. The average Bonchev–Trinajstić information content (AvgIpc) is 2.98. The van der Waals surface area contributed by atoms with Crippen molar-refractivity contribution in [1.82, 2.24) is 25.6 Å². The van der Waals surface area contributed by atoms with Gasteiger partial charge >= 0.3 is 0 Å². The van der Waals surface area contributed by atoms with Crippen molar-refractivity contribution in [2.24, 2.45) is 11.8 Å². The molecule has 6 unspecified atom stereocenters. The first kappa shape index (κ1) is 26.0. The number of rotatable bonds is 3. The maximum absolute atomic E-state index is 6.88. The lowest BCUT2D eigenvalue weighted by molar-refractivity contribution is -0.0710. The summed E-state index contributed by atoms with van der Waals surface area (Å²) in [6, 6.07) is 7.53. The number of nitrogens with zero attached hydrogens (tertiary/aromatic N) is 1. The molecule has 0 spiro atoms. The minimum Gasteiger partial charge on any atom is -0.357 e. The number of benzene rings is 1. The molecular weight excluding hydrogens is 454 g/mol. The van der Waals surface area contributed by atoms with Gasteiger partial charge < -0.3 is 10.1 Å². The van der Waals surface area contributed by atoms with Gasteiger partial charge in [-0.1, -0.05) is 50.4 Å². The van der Waals surface area contributed by atoms with E-state index in [9.17, 15) is 0 Å². The number of fused-ring (bicyclic) bond motifs is 6. The molecule has 4 aliphatic rings. The zero-order chi connectivity index (χ0) is 24.4. The van der Waals surface area contributed by atoms with Gasteiger partial charge in [0.25, 0.3) is 0 Å². The van der Waals surface area contributed by atoms with Crippen molar-refractivity contribution >= 4 is 11.9 Å². The van der Waals surface area contributed by atoms with E-state index in [0.29, 0.717) is 17.2 Å². The van der Waals surface area contributed by atoms with Crippen LogP contribution in [0.15, 0.2) is 18.2 Å². The van der Waals surface area contributed by atoms with Crippen LogP contribution in [0.1, 0.15) is 75.1 Å². The second-order valence-electron chi connectivity index (χ2n) is 11.9. The Morgan fingerprint density at radius 1 is 1.06 bits per heavy atom. The Kier molecular flexibility index (Phi) is 8.75. The molecule has 3 aliphatic heterocycles. The first-order chi connectivity index (χ1) is 16.9. The van der Waals surface area contributed by atoms with Crippen LogP contribution in [0.2, 0.25) is 0 Å². The Bertz CT molecular complexity index is 817. The molecule has 35 heavy (non-hydrogen) atoms. The molecule has 5 rings (SSSR count). The van der Waals surface area contributed by atoms with E-state index < -0.39 is 0 Å². The van der Waals surface area contributed by atoms with Gasteiger partial charge in [-0.25, -0.2) is 4.72 Å². The monoisotopic (exact) mass is 501 g/mol. The molecular formula is C28H47N5OS. The van der Waals surface area contributed by atoms with Crippen molar-refractivity contribution in [3.8, 4) is 0 Å². The molecule has 0 amide bonds. The Hall–Kier alpha value is -0.670. The van der Waals surface area contributed by atoms with Gasteiger partial charge in [0.2, 0.25) is 0 Å². The number of hydrogen-bond acceptors (Lipinski definition) is 7. The molecule has 4 N–H and O–H groups in total. The van der Waals surface area contributed by atoms with E-state index in [1.807, 2.05) is 11.9 Å². The standard InChI is InChI=1S/C28H47N5OS/c1-18(2)11-22-14-29-15-23-17-33(22)16-21-9-6-10-24(12-21)35-32-28-30-25(13-26(31-28)34-23)27-19(3)7-5-8-20(27)4/h5,7-8,18,21-26,28-32H,6,9-17H2,1-4H3/t21?,22-,23-,24?,25?,26?,28?/m1/s1. The van der Waals surface area contributed by atoms with Crippen molar-refractivity contribution in [2.45, 2.75) is 102 Å².